The van der Waals surface area contributed by atoms with Crippen LogP contribution in [0.25, 0.3) is 6.08 Å². The smallest absolute Gasteiger partial charge is 0.328 e. The zero-order valence-electron chi connectivity index (χ0n) is 10.7. The SMILES string of the molecule is O=C(O)/C=C/c1ccc(C(=O)Nc2cncnc2)cc1Cl. The molecule has 6 nitrogen and oxygen atoms in total. The number of benzene rings is 1. The van der Waals surface area contributed by atoms with Crippen LogP contribution in [0.3, 0.4) is 0 Å². The molecule has 1 amide bonds. The number of nitrogens with one attached hydrogen (secondary N) is 1. The van der Waals surface area contributed by atoms with E-state index in [1.165, 1.54) is 30.9 Å². The number of rotatable bonds is 4. The van der Waals surface area contributed by atoms with Gasteiger partial charge in [0.15, 0.2) is 0 Å². The fourth-order valence-corrected chi connectivity index (χ4v) is 1.78. The molecule has 0 aliphatic heterocycles. The molecule has 0 radical (unpaired) electrons. The van der Waals surface area contributed by atoms with Crippen LogP contribution >= 0.6 is 11.6 Å². The summed E-state index contributed by atoms with van der Waals surface area (Å²) >= 11 is 6.01. The molecule has 0 atom stereocenters. The van der Waals surface area contributed by atoms with Gasteiger partial charge < -0.3 is 10.4 Å². The summed E-state index contributed by atoms with van der Waals surface area (Å²) < 4.78 is 0. The lowest BCUT2D eigenvalue weighted by Crippen LogP contribution is -2.12. The Morgan fingerprint density at radius 2 is 1.95 bits per heavy atom. The van der Waals surface area contributed by atoms with E-state index in [1.54, 1.807) is 12.1 Å². The van der Waals surface area contributed by atoms with Gasteiger partial charge in [-0.15, -0.1) is 0 Å². The summed E-state index contributed by atoms with van der Waals surface area (Å²) in [6, 6.07) is 4.58. The molecule has 106 valence electrons. The molecule has 1 heterocycles. The third-order valence-corrected chi connectivity index (χ3v) is 2.81. The van der Waals surface area contributed by atoms with E-state index in [0.29, 0.717) is 16.8 Å². The number of carboxylic acid groups (broad SMARTS) is 1. The zero-order chi connectivity index (χ0) is 15.2. The number of carbonyl (C=O) groups excluding carboxylic acids is 1. The molecule has 7 heteroatoms. The molecule has 21 heavy (non-hydrogen) atoms. The summed E-state index contributed by atoms with van der Waals surface area (Å²) in [5.41, 5.74) is 1.32. The van der Waals surface area contributed by atoms with Crippen LogP contribution in [0.5, 0.6) is 0 Å². The third kappa shape index (κ3) is 4.12. The Balaban J connectivity index is 2.16. The van der Waals surface area contributed by atoms with Crippen molar-refractivity contribution in [1.29, 1.82) is 0 Å². The largest absolute Gasteiger partial charge is 0.478 e. The lowest BCUT2D eigenvalue weighted by molar-refractivity contribution is -0.131. The van der Waals surface area contributed by atoms with Gasteiger partial charge >= 0.3 is 5.97 Å². The molecule has 2 rings (SSSR count). The fourth-order valence-electron chi connectivity index (χ4n) is 1.53. The number of hydrogen-bond acceptors (Lipinski definition) is 4. The second-order valence-corrected chi connectivity index (χ2v) is 4.40. The average Bonchev–Trinajstić information content (AvgIpc) is 2.46. The van der Waals surface area contributed by atoms with Crippen LogP contribution in [-0.2, 0) is 4.79 Å². The Labute approximate surface area is 125 Å². The summed E-state index contributed by atoms with van der Waals surface area (Å²) in [5.74, 6) is -1.43. The van der Waals surface area contributed by atoms with Crippen LogP contribution < -0.4 is 5.32 Å². The number of aliphatic carboxylic acids is 1. The lowest BCUT2D eigenvalue weighted by atomic mass is 10.1. The summed E-state index contributed by atoms with van der Waals surface area (Å²) in [5, 5.41) is 11.5. The minimum absolute atomic E-state index is 0.282. The summed E-state index contributed by atoms with van der Waals surface area (Å²) in [6.07, 6.45) is 6.63. The van der Waals surface area contributed by atoms with Gasteiger partial charge in [0.25, 0.3) is 5.91 Å². The third-order valence-electron chi connectivity index (χ3n) is 2.49. The van der Waals surface area contributed by atoms with Crippen molar-refractivity contribution in [2.45, 2.75) is 0 Å². The number of carbonyl (C=O) groups is 2. The molecule has 0 unspecified atom stereocenters. The van der Waals surface area contributed by atoms with Crippen molar-refractivity contribution in [3.8, 4) is 0 Å². The zero-order valence-corrected chi connectivity index (χ0v) is 11.4. The van der Waals surface area contributed by atoms with Crippen molar-refractivity contribution in [2.24, 2.45) is 0 Å². The minimum Gasteiger partial charge on any atom is -0.478 e. The van der Waals surface area contributed by atoms with Crippen molar-refractivity contribution in [3.63, 3.8) is 0 Å². The van der Waals surface area contributed by atoms with Gasteiger partial charge in [-0.1, -0.05) is 17.7 Å². The van der Waals surface area contributed by atoms with E-state index in [0.717, 1.165) is 6.08 Å². The van der Waals surface area contributed by atoms with Crippen LogP contribution in [0.4, 0.5) is 5.69 Å². The quantitative estimate of drug-likeness (QED) is 0.847. The molecule has 0 saturated heterocycles. The number of hydrogen-bond donors (Lipinski definition) is 2. The number of amides is 1. The molecule has 0 spiro atoms. The van der Waals surface area contributed by atoms with E-state index in [4.69, 9.17) is 16.7 Å². The highest BCUT2D eigenvalue weighted by Crippen LogP contribution is 2.20. The molecular weight excluding hydrogens is 294 g/mol. The maximum Gasteiger partial charge on any atom is 0.328 e. The van der Waals surface area contributed by atoms with Crippen LogP contribution in [0.1, 0.15) is 15.9 Å². The second kappa shape index (κ2) is 6.62. The summed E-state index contributed by atoms with van der Waals surface area (Å²) in [7, 11) is 0. The molecule has 0 aliphatic carbocycles. The van der Waals surface area contributed by atoms with Gasteiger partial charge in [-0.05, 0) is 23.8 Å². The lowest BCUT2D eigenvalue weighted by Gasteiger charge is -2.06. The van der Waals surface area contributed by atoms with Gasteiger partial charge in [0.2, 0.25) is 0 Å². The first-order chi connectivity index (χ1) is 10.1. The van der Waals surface area contributed by atoms with E-state index >= 15 is 0 Å². The molecule has 0 bridgehead atoms. The predicted molar refractivity (Wildman–Crippen MR) is 78.1 cm³/mol. The topological polar surface area (TPSA) is 92.2 Å². The molecule has 0 fully saturated rings. The number of aromatic nitrogens is 2. The molecule has 2 N–H and O–H groups in total. The van der Waals surface area contributed by atoms with E-state index < -0.39 is 5.97 Å². The molecular formula is C14H10ClN3O3. The summed E-state index contributed by atoms with van der Waals surface area (Å²) in [4.78, 5) is 30.0. The highest BCUT2D eigenvalue weighted by atomic mass is 35.5. The molecule has 1 aromatic carbocycles. The van der Waals surface area contributed by atoms with Crippen LogP contribution in [0.2, 0.25) is 5.02 Å². The van der Waals surface area contributed by atoms with E-state index in [9.17, 15) is 9.59 Å². The average molecular weight is 304 g/mol. The summed E-state index contributed by atoms with van der Waals surface area (Å²) in [6.45, 7) is 0. The molecule has 0 aliphatic rings. The number of halogens is 1. The number of nitrogens with zero attached hydrogens (tertiary/aromatic N) is 2. The van der Waals surface area contributed by atoms with Crippen molar-refractivity contribution >= 4 is 35.2 Å². The van der Waals surface area contributed by atoms with Crippen molar-refractivity contribution in [3.05, 3.63) is 59.1 Å². The van der Waals surface area contributed by atoms with Gasteiger partial charge in [0.05, 0.1) is 18.1 Å². The predicted octanol–water partition coefficient (Wildman–Crippen LogP) is 2.48. The monoisotopic (exact) mass is 303 g/mol. The van der Waals surface area contributed by atoms with Crippen molar-refractivity contribution in [2.75, 3.05) is 5.32 Å². The normalized spacial score (nSPS) is 10.5. The Bertz CT molecular complexity index is 702. The highest BCUT2D eigenvalue weighted by Gasteiger charge is 2.08. The van der Waals surface area contributed by atoms with E-state index in [1.807, 2.05) is 0 Å². The van der Waals surface area contributed by atoms with Gasteiger partial charge in [-0.3, -0.25) is 4.79 Å². The van der Waals surface area contributed by atoms with Gasteiger partial charge in [-0.25, -0.2) is 14.8 Å². The Morgan fingerprint density at radius 1 is 1.24 bits per heavy atom. The first-order valence-electron chi connectivity index (χ1n) is 5.83. The van der Waals surface area contributed by atoms with Gasteiger partial charge in [0.1, 0.15) is 6.33 Å². The number of carboxylic acids is 1. The molecule has 0 saturated carbocycles. The number of anilines is 1. The standard InChI is InChI=1S/C14H10ClN3O3/c15-12-5-10(2-1-9(12)3-4-13(19)20)14(21)18-11-6-16-8-17-7-11/h1-8H,(H,18,21)(H,19,20)/b4-3+. The van der Waals surface area contributed by atoms with Crippen LogP contribution in [0, 0.1) is 0 Å². The van der Waals surface area contributed by atoms with Crippen molar-refractivity contribution in [1.82, 2.24) is 9.97 Å². The van der Waals surface area contributed by atoms with E-state index in [2.05, 4.69) is 15.3 Å². The van der Waals surface area contributed by atoms with Crippen molar-refractivity contribution < 1.29 is 14.7 Å². The van der Waals surface area contributed by atoms with Crippen LogP contribution in [-0.4, -0.2) is 27.0 Å². The van der Waals surface area contributed by atoms with Gasteiger partial charge in [-0.2, -0.15) is 0 Å². The Morgan fingerprint density at radius 3 is 2.57 bits per heavy atom. The first kappa shape index (κ1) is 14.7. The second-order valence-electron chi connectivity index (χ2n) is 3.99. The molecule has 1 aromatic heterocycles. The maximum absolute atomic E-state index is 12.0. The van der Waals surface area contributed by atoms with Crippen LogP contribution in [0.15, 0.2) is 43.0 Å². The maximum atomic E-state index is 12.0. The Hall–Kier alpha value is -2.73. The van der Waals surface area contributed by atoms with E-state index in [-0.39, 0.29) is 10.9 Å². The minimum atomic E-state index is -1.07. The Kier molecular flexibility index (Phi) is 4.63. The van der Waals surface area contributed by atoms with Gasteiger partial charge in [0, 0.05) is 16.7 Å². The first-order valence-corrected chi connectivity index (χ1v) is 6.21. The highest BCUT2D eigenvalue weighted by molar-refractivity contribution is 6.32. The molecule has 2 aromatic rings. The fraction of sp³-hybridized carbons (Fsp3) is 0.